The molecule has 1 atom stereocenters. The Labute approximate surface area is 124 Å². The number of aromatic nitrogens is 1. The van der Waals surface area contributed by atoms with E-state index < -0.39 is 0 Å². The van der Waals surface area contributed by atoms with Crippen LogP contribution < -0.4 is 5.32 Å². The summed E-state index contributed by atoms with van der Waals surface area (Å²) < 4.78 is 5.55. The monoisotopic (exact) mass is 291 g/mol. The van der Waals surface area contributed by atoms with Crippen molar-refractivity contribution in [1.82, 2.24) is 15.2 Å². The van der Waals surface area contributed by atoms with Crippen LogP contribution in [0.2, 0.25) is 0 Å². The van der Waals surface area contributed by atoms with Crippen molar-refractivity contribution in [1.29, 1.82) is 0 Å². The van der Waals surface area contributed by atoms with Crippen LogP contribution in [0.15, 0.2) is 24.5 Å². The molecule has 0 saturated carbocycles. The first-order valence-corrected chi connectivity index (χ1v) is 7.18. The lowest BCUT2D eigenvalue weighted by molar-refractivity contribution is -0.136. The third-order valence-electron chi connectivity index (χ3n) is 3.47. The number of pyridine rings is 1. The average molecular weight is 291 g/mol. The summed E-state index contributed by atoms with van der Waals surface area (Å²) in [5.74, 6) is 0.0357. The Morgan fingerprint density at radius 3 is 3.10 bits per heavy atom. The summed E-state index contributed by atoms with van der Waals surface area (Å²) >= 11 is 0. The van der Waals surface area contributed by atoms with Gasteiger partial charge in [0.2, 0.25) is 11.8 Å². The van der Waals surface area contributed by atoms with E-state index in [1.165, 1.54) is 0 Å². The van der Waals surface area contributed by atoms with Gasteiger partial charge in [-0.2, -0.15) is 0 Å². The van der Waals surface area contributed by atoms with Crippen LogP contribution in [0.4, 0.5) is 0 Å². The number of carbonyl (C=O) groups excluding carboxylic acids is 2. The van der Waals surface area contributed by atoms with E-state index in [4.69, 9.17) is 4.74 Å². The van der Waals surface area contributed by atoms with Crippen molar-refractivity contribution in [3.05, 3.63) is 30.1 Å². The van der Waals surface area contributed by atoms with Gasteiger partial charge in [-0.25, -0.2) is 0 Å². The minimum Gasteiger partial charge on any atom is -0.373 e. The van der Waals surface area contributed by atoms with E-state index in [1.54, 1.807) is 24.2 Å². The van der Waals surface area contributed by atoms with E-state index in [0.29, 0.717) is 39.1 Å². The quantitative estimate of drug-likeness (QED) is 0.851. The molecule has 2 amide bonds. The molecule has 6 heteroatoms. The van der Waals surface area contributed by atoms with E-state index >= 15 is 0 Å². The first kappa shape index (κ1) is 15.4. The molecule has 2 heterocycles. The van der Waals surface area contributed by atoms with Gasteiger partial charge < -0.3 is 15.0 Å². The van der Waals surface area contributed by atoms with Crippen LogP contribution >= 0.6 is 0 Å². The van der Waals surface area contributed by atoms with Gasteiger partial charge in [0.05, 0.1) is 12.7 Å². The number of aryl methyl sites for hydroxylation is 1. The van der Waals surface area contributed by atoms with Crippen LogP contribution in [0.1, 0.15) is 18.9 Å². The maximum Gasteiger partial charge on any atom is 0.220 e. The van der Waals surface area contributed by atoms with E-state index in [0.717, 1.165) is 5.56 Å². The highest BCUT2D eigenvalue weighted by atomic mass is 16.5. The molecule has 1 aliphatic heterocycles. The normalized spacial score (nSPS) is 18.3. The number of nitrogens with one attached hydrogen (secondary N) is 1. The summed E-state index contributed by atoms with van der Waals surface area (Å²) in [6, 6.07) is 3.81. The van der Waals surface area contributed by atoms with Crippen LogP contribution in [-0.2, 0) is 20.7 Å². The predicted molar refractivity (Wildman–Crippen MR) is 77.6 cm³/mol. The van der Waals surface area contributed by atoms with Crippen molar-refractivity contribution in [2.24, 2.45) is 0 Å². The van der Waals surface area contributed by atoms with Crippen molar-refractivity contribution in [3.63, 3.8) is 0 Å². The fraction of sp³-hybridized carbons (Fsp3) is 0.533. The predicted octanol–water partition coefficient (Wildman–Crippen LogP) is 0.378. The zero-order valence-electron chi connectivity index (χ0n) is 12.2. The molecular weight excluding hydrogens is 270 g/mol. The van der Waals surface area contributed by atoms with Crippen molar-refractivity contribution in [3.8, 4) is 0 Å². The fourth-order valence-electron chi connectivity index (χ4n) is 2.25. The highest BCUT2D eigenvalue weighted by molar-refractivity contribution is 5.76. The Hall–Kier alpha value is -1.95. The van der Waals surface area contributed by atoms with Gasteiger partial charge in [0.25, 0.3) is 0 Å². The number of ether oxygens (including phenoxy) is 1. The van der Waals surface area contributed by atoms with Crippen LogP contribution in [0.3, 0.4) is 0 Å². The van der Waals surface area contributed by atoms with Crippen molar-refractivity contribution < 1.29 is 14.3 Å². The molecule has 2 rings (SSSR count). The number of carbonyl (C=O) groups is 2. The lowest BCUT2D eigenvalue weighted by Gasteiger charge is -2.32. The van der Waals surface area contributed by atoms with Gasteiger partial charge >= 0.3 is 0 Å². The zero-order valence-corrected chi connectivity index (χ0v) is 12.2. The number of morpholine rings is 1. The van der Waals surface area contributed by atoms with Gasteiger partial charge in [0.15, 0.2) is 0 Å². The number of nitrogens with zero attached hydrogens (tertiary/aromatic N) is 2. The number of rotatable bonds is 5. The van der Waals surface area contributed by atoms with Crippen LogP contribution in [-0.4, -0.2) is 54.0 Å². The van der Waals surface area contributed by atoms with Gasteiger partial charge in [-0.05, 0) is 18.1 Å². The maximum absolute atomic E-state index is 11.8. The average Bonchev–Trinajstić information content (AvgIpc) is 2.52. The molecule has 0 unspecified atom stereocenters. The van der Waals surface area contributed by atoms with Crippen molar-refractivity contribution in [2.75, 3.05) is 26.2 Å². The van der Waals surface area contributed by atoms with Crippen LogP contribution in [0.5, 0.6) is 0 Å². The fourth-order valence-corrected chi connectivity index (χ4v) is 2.25. The summed E-state index contributed by atoms with van der Waals surface area (Å²) in [5.41, 5.74) is 1.05. The standard InChI is InChI=1S/C15H21N3O3/c1-12(19)18-7-8-21-14(11-18)10-17-15(20)5-4-13-3-2-6-16-9-13/h2-3,6,9,14H,4-5,7-8,10-11H2,1H3,(H,17,20)/t14-/m0/s1. The highest BCUT2D eigenvalue weighted by Gasteiger charge is 2.22. The minimum atomic E-state index is -0.120. The molecular formula is C15H21N3O3. The Morgan fingerprint density at radius 2 is 2.38 bits per heavy atom. The third-order valence-corrected chi connectivity index (χ3v) is 3.47. The Balaban J connectivity index is 1.68. The lowest BCUT2D eigenvalue weighted by Crippen LogP contribution is -2.49. The molecule has 0 aromatic carbocycles. The minimum absolute atomic E-state index is 0.0117. The number of hydrogen-bond acceptors (Lipinski definition) is 4. The van der Waals surface area contributed by atoms with Crippen LogP contribution in [0.25, 0.3) is 0 Å². The van der Waals surface area contributed by atoms with Gasteiger partial charge in [0, 0.05) is 45.4 Å². The van der Waals surface area contributed by atoms with E-state index in [-0.39, 0.29) is 17.9 Å². The molecule has 1 aromatic heterocycles. The highest BCUT2D eigenvalue weighted by Crippen LogP contribution is 2.05. The molecule has 0 aliphatic carbocycles. The molecule has 1 N–H and O–H groups in total. The molecule has 0 bridgehead atoms. The Kier molecular flexibility index (Phi) is 5.68. The molecule has 6 nitrogen and oxygen atoms in total. The first-order chi connectivity index (χ1) is 10.1. The van der Waals surface area contributed by atoms with Crippen molar-refractivity contribution in [2.45, 2.75) is 25.9 Å². The topological polar surface area (TPSA) is 71.5 Å². The number of amides is 2. The molecule has 114 valence electrons. The second-order valence-electron chi connectivity index (χ2n) is 5.12. The second-order valence-corrected chi connectivity index (χ2v) is 5.12. The molecule has 1 fully saturated rings. The van der Waals surface area contributed by atoms with E-state index in [9.17, 15) is 9.59 Å². The van der Waals surface area contributed by atoms with Crippen LogP contribution in [0, 0.1) is 0 Å². The number of hydrogen-bond donors (Lipinski definition) is 1. The van der Waals surface area contributed by atoms with E-state index in [1.807, 2.05) is 12.1 Å². The van der Waals surface area contributed by atoms with Crippen molar-refractivity contribution >= 4 is 11.8 Å². The summed E-state index contributed by atoms with van der Waals surface area (Å²) in [7, 11) is 0. The van der Waals surface area contributed by atoms with Gasteiger partial charge in [0.1, 0.15) is 0 Å². The zero-order chi connectivity index (χ0) is 15.1. The molecule has 1 saturated heterocycles. The molecule has 0 spiro atoms. The summed E-state index contributed by atoms with van der Waals surface area (Å²) in [5, 5.41) is 2.86. The summed E-state index contributed by atoms with van der Waals surface area (Å²) in [6.07, 6.45) is 4.46. The molecule has 0 radical (unpaired) electrons. The molecule has 21 heavy (non-hydrogen) atoms. The molecule has 1 aromatic rings. The summed E-state index contributed by atoms with van der Waals surface area (Å²) in [4.78, 5) is 28.9. The second kappa shape index (κ2) is 7.73. The SMILES string of the molecule is CC(=O)N1CCO[C@@H](CNC(=O)CCc2cccnc2)C1. The van der Waals surface area contributed by atoms with Gasteiger partial charge in [-0.3, -0.25) is 14.6 Å². The lowest BCUT2D eigenvalue weighted by atomic mass is 10.1. The maximum atomic E-state index is 11.8. The Morgan fingerprint density at radius 1 is 1.52 bits per heavy atom. The molecule has 1 aliphatic rings. The first-order valence-electron chi connectivity index (χ1n) is 7.18. The summed E-state index contributed by atoms with van der Waals surface area (Å²) in [6.45, 7) is 3.68. The largest absolute Gasteiger partial charge is 0.373 e. The smallest absolute Gasteiger partial charge is 0.220 e. The van der Waals surface area contributed by atoms with Gasteiger partial charge in [-0.15, -0.1) is 0 Å². The van der Waals surface area contributed by atoms with Gasteiger partial charge in [-0.1, -0.05) is 6.07 Å². The van der Waals surface area contributed by atoms with E-state index in [2.05, 4.69) is 10.3 Å². The third kappa shape index (κ3) is 5.15. The Bertz CT molecular complexity index is 478.